The number of imide groups is 2. The van der Waals surface area contributed by atoms with E-state index in [1.807, 2.05) is 6.07 Å². The van der Waals surface area contributed by atoms with Crippen molar-refractivity contribution >= 4 is 23.6 Å². The molecule has 0 radical (unpaired) electrons. The van der Waals surface area contributed by atoms with Gasteiger partial charge in [0.15, 0.2) is 0 Å². The number of amides is 4. The lowest BCUT2D eigenvalue weighted by molar-refractivity contribution is -0.136. The van der Waals surface area contributed by atoms with Gasteiger partial charge in [0.1, 0.15) is 6.04 Å². The lowest BCUT2D eigenvalue weighted by Gasteiger charge is -2.42. The van der Waals surface area contributed by atoms with Gasteiger partial charge in [-0.2, -0.15) is 0 Å². The highest BCUT2D eigenvalue weighted by Gasteiger charge is 2.46. The van der Waals surface area contributed by atoms with Crippen molar-refractivity contribution < 1.29 is 23.9 Å². The fourth-order valence-electron chi connectivity index (χ4n) is 5.69. The molecule has 0 bridgehead atoms. The zero-order chi connectivity index (χ0) is 23.1. The van der Waals surface area contributed by atoms with Crippen LogP contribution in [0, 0.1) is 0 Å². The first-order valence-corrected chi connectivity index (χ1v) is 11.9. The van der Waals surface area contributed by atoms with Crippen molar-refractivity contribution in [1.29, 1.82) is 0 Å². The maximum Gasteiger partial charge on any atom is 0.262 e. The first-order chi connectivity index (χ1) is 15.9. The molecule has 0 spiro atoms. The van der Waals surface area contributed by atoms with E-state index < -0.39 is 23.8 Å². The van der Waals surface area contributed by atoms with Crippen molar-refractivity contribution in [3.63, 3.8) is 0 Å². The third-order valence-electron chi connectivity index (χ3n) is 7.38. The van der Waals surface area contributed by atoms with Gasteiger partial charge in [-0.15, -0.1) is 0 Å². The van der Waals surface area contributed by atoms with Gasteiger partial charge >= 0.3 is 0 Å². The smallest absolute Gasteiger partial charge is 0.262 e. The molecule has 4 aliphatic rings. The second-order valence-corrected chi connectivity index (χ2v) is 9.51. The predicted octanol–water partition coefficient (Wildman–Crippen LogP) is 0.949. The van der Waals surface area contributed by atoms with E-state index in [0.717, 1.165) is 49.1 Å². The van der Waals surface area contributed by atoms with Crippen molar-refractivity contribution in [3.05, 3.63) is 34.9 Å². The first-order valence-electron chi connectivity index (χ1n) is 11.9. The molecule has 33 heavy (non-hydrogen) atoms. The number of nitrogens with two attached hydrogens (primary N) is 1. The zero-order valence-corrected chi connectivity index (χ0v) is 18.6. The fraction of sp³-hybridized carbons (Fsp3) is 0.583. The molecule has 176 valence electrons. The van der Waals surface area contributed by atoms with Gasteiger partial charge in [-0.3, -0.25) is 34.3 Å². The van der Waals surface area contributed by atoms with Gasteiger partial charge in [0.2, 0.25) is 11.8 Å². The van der Waals surface area contributed by atoms with Crippen LogP contribution in [-0.4, -0.2) is 70.8 Å². The number of ether oxygens (including phenoxy) is 1. The van der Waals surface area contributed by atoms with E-state index >= 15 is 0 Å². The quantitative estimate of drug-likeness (QED) is 0.650. The van der Waals surface area contributed by atoms with Crippen LogP contribution < -0.4 is 11.1 Å². The third-order valence-corrected chi connectivity index (χ3v) is 7.38. The number of fused-ring (bicyclic) bond motifs is 1. The third kappa shape index (κ3) is 4.09. The fourth-order valence-corrected chi connectivity index (χ4v) is 5.69. The maximum absolute atomic E-state index is 13.4. The van der Waals surface area contributed by atoms with E-state index in [1.165, 1.54) is 0 Å². The molecule has 4 atom stereocenters. The molecule has 0 saturated carbocycles. The SMILES string of the molecule is NC1CCOC(C2CCCCN2Cc2cccc3c2C(=O)N(C2CCC(=O)NC2=O)C3=O)C1. The summed E-state index contributed by atoms with van der Waals surface area (Å²) in [5.74, 6) is -1.90. The average molecular weight is 455 g/mol. The highest BCUT2D eigenvalue weighted by molar-refractivity contribution is 6.24. The number of nitrogens with zero attached hydrogens (tertiary/aromatic N) is 2. The standard InChI is InChI=1S/C24H30N4O5/c25-15-9-11-33-19(12-15)17-6-1-2-10-27(17)13-14-4-3-5-16-21(14)24(32)28(23(16)31)18-7-8-20(29)26-22(18)30/h3-5,15,17-19H,1-2,6-13,25H2,(H,26,29,30). The van der Waals surface area contributed by atoms with E-state index in [0.29, 0.717) is 24.3 Å². The lowest BCUT2D eigenvalue weighted by atomic mass is 9.90. The number of nitrogens with one attached hydrogen (secondary N) is 1. The Bertz CT molecular complexity index is 995. The van der Waals surface area contributed by atoms with Gasteiger partial charge in [0.05, 0.1) is 17.2 Å². The molecule has 1 aromatic carbocycles. The number of hydrogen-bond acceptors (Lipinski definition) is 7. The minimum atomic E-state index is -0.956. The van der Waals surface area contributed by atoms with Gasteiger partial charge in [-0.05, 0) is 50.3 Å². The van der Waals surface area contributed by atoms with Gasteiger partial charge < -0.3 is 10.5 Å². The molecule has 4 heterocycles. The van der Waals surface area contributed by atoms with Crippen LogP contribution in [0.4, 0.5) is 0 Å². The molecule has 3 N–H and O–H groups in total. The van der Waals surface area contributed by atoms with E-state index in [-0.39, 0.29) is 36.9 Å². The van der Waals surface area contributed by atoms with Crippen molar-refractivity contribution in [3.8, 4) is 0 Å². The Kier molecular flexibility index (Phi) is 6.03. The summed E-state index contributed by atoms with van der Waals surface area (Å²) in [6.07, 6.45) is 5.25. The largest absolute Gasteiger partial charge is 0.376 e. The Labute approximate surface area is 192 Å². The van der Waals surface area contributed by atoms with E-state index in [9.17, 15) is 19.2 Å². The normalized spacial score (nSPS) is 31.0. The summed E-state index contributed by atoms with van der Waals surface area (Å²) in [4.78, 5) is 53.8. The number of carbonyl (C=O) groups is 4. The topological polar surface area (TPSA) is 122 Å². The van der Waals surface area contributed by atoms with Gasteiger partial charge in [0, 0.05) is 31.7 Å². The Morgan fingerprint density at radius 2 is 1.91 bits per heavy atom. The van der Waals surface area contributed by atoms with Crippen LogP contribution in [0.1, 0.15) is 71.2 Å². The van der Waals surface area contributed by atoms with E-state index in [4.69, 9.17) is 10.5 Å². The van der Waals surface area contributed by atoms with Crippen LogP contribution >= 0.6 is 0 Å². The molecule has 9 nitrogen and oxygen atoms in total. The van der Waals surface area contributed by atoms with Crippen molar-refractivity contribution in [2.75, 3.05) is 13.2 Å². The molecule has 0 aliphatic carbocycles. The summed E-state index contributed by atoms with van der Waals surface area (Å²) in [6, 6.07) is 4.73. The van der Waals surface area contributed by atoms with Gasteiger partial charge in [-0.25, -0.2) is 0 Å². The molecule has 3 saturated heterocycles. The summed E-state index contributed by atoms with van der Waals surface area (Å²) >= 11 is 0. The molecular formula is C24H30N4O5. The summed E-state index contributed by atoms with van der Waals surface area (Å²) in [6.45, 7) is 2.10. The Morgan fingerprint density at radius 3 is 2.70 bits per heavy atom. The number of benzene rings is 1. The monoisotopic (exact) mass is 454 g/mol. The molecule has 9 heteroatoms. The van der Waals surface area contributed by atoms with Crippen molar-refractivity contribution in [2.45, 2.75) is 75.7 Å². The van der Waals surface area contributed by atoms with E-state index in [2.05, 4.69) is 10.2 Å². The minimum absolute atomic E-state index is 0.0723. The van der Waals surface area contributed by atoms with E-state index in [1.54, 1.807) is 12.1 Å². The maximum atomic E-state index is 13.4. The predicted molar refractivity (Wildman–Crippen MR) is 118 cm³/mol. The highest BCUT2D eigenvalue weighted by atomic mass is 16.5. The number of likely N-dealkylation sites (tertiary alicyclic amines) is 1. The molecule has 4 amide bonds. The van der Waals surface area contributed by atoms with Crippen LogP contribution in [0.2, 0.25) is 0 Å². The summed E-state index contributed by atoms with van der Waals surface area (Å²) < 4.78 is 6.08. The number of piperidine rings is 2. The molecule has 3 fully saturated rings. The lowest BCUT2D eigenvalue weighted by Crippen LogP contribution is -2.54. The molecule has 0 aromatic heterocycles. The Hall–Kier alpha value is -2.62. The summed E-state index contributed by atoms with van der Waals surface area (Å²) in [5, 5.41) is 2.24. The van der Waals surface area contributed by atoms with Crippen molar-refractivity contribution in [2.24, 2.45) is 5.73 Å². The molecule has 4 aliphatic heterocycles. The number of rotatable bonds is 4. The van der Waals surface area contributed by atoms with Crippen LogP contribution in [-0.2, 0) is 20.9 Å². The second-order valence-electron chi connectivity index (χ2n) is 9.51. The van der Waals surface area contributed by atoms with Crippen molar-refractivity contribution in [1.82, 2.24) is 15.1 Å². The molecular weight excluding hydrogens is 424 g/mol. The molecule has 5 rings (SSSR count). The van der Waals surface area contributed by atoms with Crippen LogP contribution in [0.3, 0.4) is 0 Å². The zero-order valence-electron chi connectivity index (χ0n) is 18.6. The van der Waals surface area contributed by atoms with Gasteiger partial charge in [-0.1, -0.05) is 18.6 Å². The summed E-state index contributed by atoms with van der Waals surface area (Å²) in [7, 11) is 0. The van der Waals surface area contributed by atoms with Crippen LogP contribution in [0.5, 0.6) is 0 Å². The molecule has 1 aromatic rings. The average Bonchev–Trinajstić information content (AvgIpc) is 3.05. The number of carbonyl (C=O) groups excluding carboxylic acids is 4. The Morgan fingerprint density at radius 1 is 1.06 bits per heavy atom. The molecule has 4 unspecified atom stereocenters. The minimum Gasteiger partial charge on any atom is -0.376 e. The first kappa shape index (κ1) is 22.2. The Balaban J connectivity index is 1.40. The highest BCUT2D eigenvalue weighted by Crippen LogP contribution is 2.33. The van der Waals surface area contributed by atoms with Gasteiger partial charge in [0.25, 0.3) is 11.8 Å². The summed E-state index contributed by atoms with van der Waals surface area (Å²) in [5.41, 5.74) is 7.69. The number of hydrogen-bond donors (Lipinski definition) is 2. The van der Waals surface area contributed by atoms with Crippen LogP contribution in [0.25, 0.3) is 0 Å². The second kappa shape index (κ2) is 8.96. The van der Waals surface area contributed by atoms with Crippen LogP contribution in [0.15, 0.2) is 18.2 Å².